The second kappa shape index (κ2) is 7.20. The van der Waals surface area contributed by atoms with Crippen LogP contribution in [0.4, 0.5) is 13.9 Å². The first-order chi connectivity index (χ1) is 13.1. The van der Waals surface area contributed by atoms with Crippen LogP contribution in [-0.4, -0.2) is 15.9 Å². The predicted octanol–water partition coefficient (Wildman–Crippen LogP) is 4.82. The minimum Gasteiger partial charge on any atom is -0.278 e. The van der Waals surface area contributed by atoms with Crippen molar-refractivity contribution in [1.82, 2.24) is 9.97 Å². The number of aromatic nitrogens is 2. The largest absolute Gasteiger partial charge is 0.278 e. The summed E-state index contributed by atoms with van der Waals surface area (Å²) in [5.74, 6) is -1.72. The molecule has 0 saturated heterocycles. The Morgan fingerprint density at radius 1 is 1.04 bits per heavy atom. The van der Waals surface area contributed by atoms with Gasteiger partial charge in [-0.1, -0.05) is 35.6 Å². The van der Waals surface area contributed by atoms with Gasteiger partial charge in [-0.25, -0.2) is 13.8 Å². The second-order valence-electron chi connectivity index (χ2n) is 5.81. The number of anilines is 1. The molecule has 4 nitrogen and oxygen atoms in total. The van der Waals surface area contributed by atoms with Crippen molar-refractivity contribution >= 4 is 32.6 Å². The van der Waals surface area contributed by atoms with Crippen LogP contribution in [0.25, 0.3) is 10.2 Å². The van der Waals surface area contributed by atoms with E-state index in [1.807, 2.05) is 12.1 Å². The summed E-state index contributed by atoms with van der Waals surface area (Å²) in [4.78, 5) is 23.0. The Bertz CT molecular complexity index is 1100. The zero-order valence-corrected chi connectivity index (χ0v) is 14.8. The predicted molar refractivity (Wildman–Crippen MR) is 101 cm³/mol. The van der Waals surface area contributed by atoms with Crippen molar-refractivity contribution in [2.45, 2.75) is 6.54 Å². The van der Waals surface area contributed by atoms with Crippen LogP contribution in [-0.2, 0) is 6.54 Å². The number of hydrogen-bond donors (Lipinski definition) is 0. The molecule has 0 saturated carbocycles. The maximum Gasteiger partial charge on any atom is 0.260 e. The van der Waals surface area contributed by atoms with Gasteiger partial charge in [-0.05, 0) is 30.3 Å². The van der Waals surface area contributed by atoms with Crippen LogP contribution in [0, 0.1) is 11.6 Å². The van der Waals surface area contributed by atoms with Crippen molar-refractivity contribution < 1.29 is 13.6 Å². The molecule has 0 unspecified atom stereocenters. The molecular weight excluding hydrogens is 368 g/mol. The summed E-state index contributed by atoms with van der Waals surface area (Å²) >= 11 is 1.06. The number of hydrogen-bond acceptors (Lipinski definition) is 4. The molecule has 0 aliphatic carbocycles. The molecule has 2 aromatic heterocycles. The van der Waals surface area contributed by atoms with E-state index in [1.54, 1.807) is 42.6 Å². The molecule has 0 aliphatic rings. The molecule has 1 amide bonds. The molecule has 0 N–H and O–H groups in total. The minimum atomic E-state index is -0.752. The standard InChI is InChI=1S/C20H13F2N3OS/c21-14-10-16(22)18-17(11-14)27-20(24-18)25(12-15-8-4-5-9-23-15)19(26)13-6-2-1-3-7-13/h1-11H,12H2. The number of amides is 1. The molecule has 0 atom stereocenters. The van der Waals surface area contributed by atoms with E-state index in [-0.39, 0.29) is 23.1 Å². The van der Waals surface area contributed by atoms with Gasteiger partial charge in [-0.3, -0.25) is 14.7 Å². The van der Waals surface area contributed by atoms with Gasteiger partial charge in [0.05, 0.1) is 16.9 Å². The number of thiazole rings is 1. The summed E-state index contributed by atoms with van der Waals surface area (Å²) in [5.41, 5.74) is 1.18. The highest BCUT2D eigenvalue weighted by atomic mass is 32.1. The molecule has 0 spiro atoms. The Morgan fingerprint density at radius 2 is 1.81 bits per heavy atom. The summed E-state index contributed by atoms with van der Waals surface area (Å²) in [6.45, 7) is 0.165. The van der Waals surface area contributed by atoms with E-state index in [0.29, 0.717) is 16.0 Å². The third-order valence-electron chi connectivity index (χ3n) is 3.94. The van der Waals surface area contributed by atoms with Crippen LogP contribution in [0.3, 0.4) is 0 Å². The Hall–Kier alpha value is -3.19. The molecular formula is C20H13F2N3OS. The highest BCUT2D eigenvalue weighted by Crippen LogP contribution is 2.32. The highest BCUT2D eigenvalue weighted by Gasteiger charge is 2.23. The van der Waals surface area contributed by atoms with Gasteiger partial charge in [0.2, 0.25) is 0 Å². The van der Waals surface area contributed by atoms with Gasteiger partial charge in [0, 0.05) is 17.8 Å². The average molecular weight is 381 g/mol. The van der Waals surface area contributed by atoms with E-state index in [0.717, 1.165) is 17.4 Å². The van der Waals surface area contributed by atoms with Crippen molar-refractivity contribution in [3.8, 4) is 0 Å². The molecule has 4 rings (SSSR count). The van der Waals surface area contributed by atoms with Crippen LogP contribution < -0.4 is 4.90 Å². The molecule has 0 fully saturated rings. The van der Waals surface area contributed by atoms with Crippen LogP contribution in [0.2, 0.25) is 0 Å². The van der Waals surface area contributed by atoms with Crippen LogP contribution in [0.1, 0.15) is 16.1 Å². The van der Waals surface area contributed by atoms with Gasteiger partial charge in [-0.2, -0.15) is 0 Å². The normalized spacial score (nSPS) is 10.9. The zero-order chi connectivity index (χ0) is 18.8. The lowest BCUT2D eigenvalue weighted by Crippen LogP contribution is -2.30. The second-order valence-corrected chi connectivity index (χ2v) is 6.82. The lowest BCUT2D eigenvalue weighted by Gasteiger charge is -2.19. The Kier molecular flexibility index (Phi) is 4.60. The average Bonchev–Trinajstić information content (AvgIpc) is 3.11. The van der Waals surface area contributed by atoms with Crippen molar-refractivity contribution in [3.05, 3.63) is 89.8 Å². The first-order valence-electron chi connectivity index (χ1n) is 8.14. The lowest BCUT2D eigenvalue weighted by molar-refractivity contribution is 0.0985. The fraction of sp³-hybridized carbons (Fsp3) is 0.0500. The number of nitrogens with zero attached hydrogens (tertiary/aromatic N) is 3. The third kappa shape index (κ3) is 3.54. The molecule has 2 heterocycles. The first-order valence-corrected chi connectivity index (χ1v) is 8.96. The molecule has 2 aromatic carbocycles. The van der Waals surface area contributed by atoms with Crippen LogP contribution >= 0.6 is 11.3 Å². The van der Waals surface area contributed by atoms with E-state index in [2.05, 4.69) is 9.97 Å². The first kappa shape index (κ1) is 17.2. The van der Waals surface area contributed by atoms with Crippen LogP contribution in [0.5, 0.6) is 0 Å². The molecule has 134 valence electrons. The molecule has 0 aliphatic heterocycles. The summed E-state index contributed by atoms with van der Waals surface area (Å²) in [6.07, 6.45) is 1.63. The highest BCUT2D eigenvalue weighted by molar-refractivity contribution is 7.22. The quantitative estimate of drug-likeness (QED) is 0.509. The van der Waals surface area contributed by atoms with Gasteiger partial charge < -0.3 is 0 Å². The van der Waals surface area contributed by atoms with Gasteiger partial charge in [0.25, 0.3) is 5.91 Å². The number of rotatable bonds is 4. The van der Waals surface area contributed by atoms with Crippen molar-refractivity contribution in [1.29, 1.82) is 0 Å². The van der Waals surface area contributed by atoms with E-state index in [9.17, 15) is 13.6 Å². The zero-order valence-electron chi connectivity index (χ0n) is 14.0. The monoisotopic (exact) mass is 381 g/mol. The molecule has 4 aromatic rings. The van der Waals surface area contributed by atoms with E-state index < -0.39 is 11.6 Å². The fourth-order valence-corrected chi connectivity index (χ4v) is 3.68. The van der Waals surface area contributed by atoms with E-state index in [4.69, 9.17) is 0 Å². The lowest BCUT2D eigenvalue weighted by atomic mass is 10.2. The fourth-order valence-electron chi connectivity index (χ4n) is 2.68. The van der Waals surface area contributed by atoms with Gasteiger partial charge in [-0.15, -0.1) is 0 Å². The Labute approximate surface area is 157 Å². The number of pyridine rings is 1. The number of halogens is 2. The van der Waals surface area contributed by atoms with Crippen molar-refractivity contribution in [3.63, 3.8) is 0 Å². The minimum absolute atomic E-state index is 0.0447. The Morgan fingerprint density at radius 3 is 2.56 bits per heavy atom. The van der Waals surface area contributed by atoms with Crippen molar-refractivity contribution in [2.24, 2.45) is 0 Å². The summed E-state index contributed by atoms with van der Waals surface area (Å²) in [7, 11) is 0. The van der Waals surface area contributed by atoms with E-state index >= 15 is 0 Å². The van der Waals surface area contributed by atoms with E-state index in [1.165, 1.54) is 11.0 Å². The van der Waals surface area contributed by atoms with Crippen LogP contribution in [0.15, 0.2) is 66.9 Å². The summed E-state index contributed by atoms with van der Waals surface area (Å²) in [6, 6.07) is 16.1. The number of carbonyl (C=O) groups is 1. The van der Waals surface area contributed by atoms with Gasteiger partial charge in [0.15, 0.2) is 10.9 Å². The number of carbonyl (C=O) groups excluding carboxylic acids is 1. The van der Waals surface area contributed by atoms with Crippen molar-refractivity contribution in [2.75, 3.05) is 4.90 Å². The Balaban J connectivity index is 1.80. The van der Waals surface area contributed by atoms with Gasteiger partial charge >= 0.3 is 0 Å². The molecule has 0 radical (unpaired) electrons. The SMILES string of the molecule is O=C(c1ccccc1)N(Cc1ccccn1)c1nc2c(F)cc(F)cc2s1. The summed E-state index contributed by atoms with van der Waals surface area (Å²) < 4.78 is 27.9. The molecule has 27 heavy (non-hydrogen) atoms. The maximum atomic E-state index is 14.1. The maximum absolute atomic E-state index is 14.1. The topological polar surface area (TPSA) is 46.1 Å². The molecule has 7 heteroatoms. The third-order valence-corrected chi connectivity index (χ3v) is 4.97. The number of benzene rings is 2. The molecule has 0 bridgehead atoms. The number of fused-ring (bicyclic) bond motifs is 1. The summed E-state index contributed by atoms with van der Waals surface area (Å²) in [5, 5.41) is 0.286. The smallest absolute Gasteiger partial charge is 0.260 e. The van der Waals surface area contributed by atoms with Gasteiger partial charge in [0.1, 0.15) is 11.3 Å².